The average Bonchev–Trinajstić information content (AvgIpc) is 2.06. The standard InChI is InChI=1S/C11H17NS/c1-8(2)7-13-11-6-10(12)5-4-9(11)3/h4-6,8H,7,12H2,1-3H3. The number of hydrogen-bond acceptors (Lipinski definition) is 2. The molecule has 1 aromatic rings. The molecule has 13 heavy (non-hydrogen) atoms. The van der Waals surface area contributed by atoms with Gasteiger partial charge in [0, 0.05) is 16.3 Å². The number of nitrogens with two attached hydrogens (primary N) is 1. The first-order valence-corrected chi connectivity index (χ1v) is 5.57. The zero-order valence-corrected chi connectivity index (χ0v) is 9.32. The van der Waals surface area contributed by atoms with Crippen molar-refractivity contribution in [1.29, 1.82) is 0 Å². The molecule has 0 unspecified atom stereocenters. The molecule has 0 aliphatic rings. The number of hydrogen-bond donors (Lipinski definition) is 1. The maximum atomic E-state index is 5.72. The molecule has 0 aromatic heterocycles. The first kappa shape index (κ1) is 10.5. The summed E-state index contributed by atoms with van der Waals surface area (Å²) in [6.45, 7) is 6.59. The lowest BCUT2D eigenvalue weighted by Gasteiger charge is -2.08. The molecule has 0 aliphatic carbocycles. The Morgan fingerprint density at radius 3 is 2.69 bits per heavy atom. The number of benzene rings is 1. The Bertz CT molecular complexity index is 281. The first-order valence-electron chi connectivity index (χ1n) is 4.58. The largest absolute Gasteiger partial charge is 0.399 e. The second kappa shape index (κ2) is 4.56. The second-order valence-corrected chi connectivity index (χ2v) is 4.79. The van der Waals surface area contributed by atoms with E-state index in [2.05, 4.69) is 32.9 Å². The van der Waals surface area contributed by atoms with Crippen LogP contribution in [0.25, 0.3) is 0 Å². The van der Waals surface area contributed by atoms with Gasteiger partial charge in [-0.25, -0.2) is 0 Å². The minimum absolute atomic E-state index is 0.728. The van der Waals surface area contributed by atoms with Crippen LogP contribution in [0.15, 0.2) is 23.1 Å². The van der Waals surface area contributed by atoms with Crippen molar-refractivity contribution < 1.29 is 0 Å². The molecule has 0 radical (unpaired) electrons. The van der Waals surface area contributed by atoms with E-state index in [4.69, 9.17) is 5.73 Å². The van der Waals surface area contributed by atoms with E-state index >= 15 is 0 Å². The van der Waals surface area contributed by atoms with Crippen molar-refractivity contribution in [2.75, 3.05) is 11.5 Å². The average molecular weight is 195 g/mol. The van der Waals surface area contributed by atoms with Crippen LogP contribution in [0.2, 0.25) is 0 Å². The van der Waals surface area contributed by atoms with Crippen molar-refractivity contribution in [1.82, 2.24) is 0 Å². The predicted molar refractivity (Wildman–Crippen MR) is 61.2 cm³/mol. The molecule has 0 saturated heterocycles. The van der Waals surface area contributed by atoms with E-state index in [1.165, 1.54) is 10.5 Å². The second-order valence-electron chi connectivity index (χ2n) is 3.73. The summed E-state index contributed by atoms with van der Waals surface area (Å²) in [6, 6.07) is 6.09. The molecule has 1 rings (SSSR count). The van der Waals surface area contributed by atoms with Crippen molar-refractivity contribution in [2.24, 2.45) is 5.92 Å². The highest BCUT2D eigenvalue weighted by Crippen LogP contribution is 2.26. The van der Waals surface area contributed by atoms with Gasteiger partial charge in [-0.1, -0.05) is 19.9 Å². The molecule has 1 aromatic carbocycles. The minimum Gasteiger partial charge on any atom is -0.399 e. The molecule has 2 N–H and O–H groups in total. The molecule has 2 heteroatoms. The van der Waals surface area contributed by atoms with Crippen molar-refractivity contribution in [3.63, 3.8) is 0 Å². The van der Waals surface area contributed by atoms with Crippen LogP contribution in [0.3, 0.4) is 0 Å². The fraction of sp³-hybridized carbons (Fsp3) is 0.455. The summed E-state index contributed by atoms with van der Waals surface area (Å²) in [5.74, 6) is 1.88. The van der Waals surface area contributed by atoms with E-state index in [1.54, 1.807) is 0 Å². The van der Waals surface area contributed by atoms with Crippen molar-refractivity contribution in [3.8, 4) is 0 Å². The first-order chi connectivity index (χ1) is 6.09. The number of anilines is 1. The van der Waals surface area contributed by atoms with Crippen LogP contribution in [-0.4, -0.2) is 5.75 Å². The van der Waals surface area contributed by atoms with Gasteiger partial charge in [0.2, 0.25) is 0 Å². The number of nitrogen functional groups attached to an aromatic ring is 1. The monoisotopic (exact) mass is 195 g/mol. The zero-order valence-electron chi connectivity index (χ0n) is 8.50. The van der Waals surface area contributed by atoms with Gasteiger partial charge in [0.25, 0.3) is 0 Å². The Morgan fingerprint density at radius 1 is 1.38 bits per heavy atom. The number of aryl methyl sites for hydroxylation is 1. The predicted octanol–water partition coefficient (Wildman–Crippen LogP) is 3.33. The Morgan fingerprint density at radius 2 is 2.08 bits per heavy atom. The molecule has 0 amide bonds. The number of thioether (sulfide) groups is 1. The molecule has 0 spiro atoms. The van der Waals surface area contributed by atoms with Crippen molar-refractivity contribution in [3.05, 3.63) is 23.8 Å². The maximum absolute atomic E-state index is 5.72. The third kappa shape index (κ3) is 3.31. The summed E-state index contributed by atoms with van der Waals surface area (Å²) < 4.78 is 0. The summed E-state index contributed by atoms with van der Waals surface area (Å²) in [5, 5.41) is 0. The highest BCUT2D eigenvalue weighted by molar-refractivity contribution is 7.99. The highest BCUT2D eigenvalue weighted by Gasteiger charge is 2.01. The van der Waals surface area contributed by atoms with Gasteiger partial charge in [0.05, 0.1) is 0 Å². The zero-order chi connectivity index (χ0) is 9.84. The molecular formula is C11H17NS. The smallest absolute Gasteiger partial charge is 0.0325 e. The molecular weight excluding hydrogens is 178 g/mol. The van der Waals surface area contributed by atoms with Crippen LogP contribution in [0, 0.1) is 12.8 Å². The van der Waals surface area contributed by atoms with Crippen LogP contribution in [0.5, 0.6) is 0 Å². The van der Waals surface area contributed by atoms with Gasteiger partial charge in [-0.3, -0.25) is 0 Å². The molecule has 0 heterocycles. The quantitative estimate of drug-likeness (QED) is 0.591. The summed E-state index contributed by atoms with van der Waals surface area (Å²) >= 11 is 1.89. The molecule has 0 saturated carbocycles. The van der Waals surface area contributed by atoms with Crippen LogP contribution in [0.1, 0.15) is 19.4 Å². The summed E-state index contributed by atoms with van der Waals surface area (Å²) in [4.78, 5) is 1.31. The molecule has 72 valence electrons. The van der Waals surface area contributed by atoms with Crippen LogP contribution in [-0.2, 0) is 0 Å². The van der Waals surface area contributed by atoms with E-state index in [0.29, 0.717) is 0 Å². The number of rotatable bonds is 3. The van der Waals surface area contributed by atoms with Gasteiger partial charge >= 0.3 is 0 Å². The van der Waals surface area contributed by atoms with E-state index in [0.717, 1.165) is 17.4 Å². The summed E-state index contributed by atoms with van der Waals surface area (Å²) in [5.41, 5.74) is 7.90. The lowest BCUT2D eigenvalue weighted by atomic mass is 10.2. The van der Waals surface area contributed by atoms with Gasteiger partial charge in [-0.2, -0.15) is 0 Å². The van der Waals surface area contributed by atoms with E-state index in [9.17, 15) is 0 Å². The van der Waals surface area contributed by atoms with E-state index < -0.39 is 0 Å². The van der Waals surface area contributed by atoms with Crippen LogP contribution >= 0.6 is 11.8 Å². The van der Waals surface area contributed by atoms with Gasteiger partial charge in [0.1, 0.15) is 0 Å². The van der Waals surface area contributed by atoms with Crippen molar-refractivity contribution in [2.45, 2.75) is 25.7 Å². The van der Waals surface area contributed by atoms with Gasteiger partial charge < -0.3 is 5.73 Å². The molecule has 1 nitrogen and oxygen atoms in total. The minimum atomic E-state index is 0.728. The third-order valence-corrected chi connectivity index (χ3v) is 3.37. The van der Waals surface area contributed by atoms with Gasteiger partial charge in [0.15, 0.2) is 0 Å². The van der Waals surface area contributed by atoms with Crippen LogP contribution < -0.4 is 5.73 Å². The van der Waals surface area contributed by atoms with Gasteiger partial charge in [-0.15, -0.1) is 11.8 Å². The van der Waals surface area contributed by atoms with E-state index in [1.807, 2.05) is 17.8 Å². The maximum Gasteiger partial charge on any atom is 0.0325 e. The summed E-state index contributed by atoms with van der Waals surface area (Å²) in [7, 11) is 0. The third-order valence-electron chi connectivity index (χ3n) is 1.78. The Hall–Kier alpha value is -0.630. The van der Waals surface area contributed by atoms with Gasteiger partial charge in [-0.05, 0) is 30.5 Å². The lowest BCUT2D eigenvalue weighted by molar-refractivity contribution is 0.750. The summed E-state index contributed by atoms with van der Waals surface area (Å²) in [6.07, 6.45) is 0. The molecule has 0 aliphatic heterocycles. The van der Waals surface area contributed by atoms with Crippen LogP contribution in [0.4, 0.5) is 5.69 Å². The Balaban J connectivity index is 2.70. The highest BCUT2D eigenvalue weighted by atomic mass is 32.2. The fourth-order valence-electron chi connectivity index (χ4n) is 1.03. The Kier molecular flexibility index (Phi) is 3.67. The Labute approximate surface area is 84.7 Å². The fourth-order valence-corrected chi connectivity index (χ4v) is 2.06. The molecule has 0 atom stereocenters. The normalized spacial score (nSPS) is 10.8. The lowest BCUT2D eigenvalue weighted by Crippen LogP contribution is -1.92. The molecule has 0 bridgehead atoms. The topological polar surface area (TPSA) is 26.0 Å². The van der Waals surface area contributed by atoms with Crippen molar-refractivity contribution >= 4 is 17.4 Å². The van der Waals surface area contributed by atoms with E-state index in [-0.39, 0.29) is 0 Å². The molecule has 0 fully saturated rings. The SMILES string of the molecule is Cc1ccc(N)cc1SCC(C)C.